The summed E-state index contributed by atoms with van der Waals surface area (Å²) in [5.41, 5.74) is 1.75. The molecule has 0 saturated carbocycles. The van der Waals surface area contributed by atoms with E-state index in [1.807, 2.05) is 41.3 Å². The Kier molecular flexibility index (Phi) is 5.71. The average Bonchev–Trinajstić information content (AvgIpc) is 3.07. The first-order chi connectivity index (χ1) is 14.4. The summed E-state index contributed by atoms with van der Waals surface area (Å²) in [6, 6.07) is 14.4. The van der Waals surface area contributed by atoms with E-state index in [1.165, 1.54) is 0 Å². The SMILES string of the molecule is COc1ccc(N2C(=O)CN(CCc3ccccc3OC)[C@@H]3CS(=O)(=O)C[C@H]32)cc1. The van der Waals surface area contributed by atoms with Crippen LogP contribution in [0.5, 0.6) is 11.5 Å². The maximum absolute atomic E-state index is 13.1. The van der Waals surface area contributed by atoms with Crippen molar-refractivity contribution in [3.8, 4) is 11.5 Å². The third-order valence-electron chi connectivity index (χ3n) is 5.91. The van der Waals surface area contributed by atoms with E-state index in [0.717, 1.165) is 11.3 Å². The lowest BCUT2D eigenvalue weighted by atomic mass is 10.0. The lowest BCUT2D eigenvalue weighted by Crippen LogP contribution is -2.62. The van der Waals surface area contributed by atoms with Gasteiger partial charge in [-0.1, -0.05) is 18.2 Å². The van der Waals surface area contributed by atoms with Gasteiger partial charge in [0, 0.05) is 18.3 Å². The Morgan fingerprint density at radius 1 is 0.967 bits per heavy atom. The Morgan fingerprint density at radius 3 is 2.37 bits per heavy atom. The van der Waals surface area contributed by atoms with Gasteiger partial charge in [-0.05, 0) is 42.3 Å². The summed E-state index contributed by atoms with van der Waals surface area (Å²) in [5.74, 6) is 1.47. The molecule has 2 aliphatic rings. The van der Waals surface area contributed by atoms with E-state index < -0.39 is 9.84 Å². The third-order valence-corrected chi connectivity index (χ3v) is 7.61. The Morgan fingerprint density at radius 2 is 1.67 bits per heavy atom. The zero-order valence-electron chi connectivity index (χ0n) is 17.2. The minimum Gasteiger partial charge on any atom is -0.497 e. The number of carbonyl (C=O) groups is 1. The van der Waals surface area contributed by atoms with Crippen molar-refractivity contribution < 1.29 is 22.7 Å². The van der Waals surface area contributed by atoms with Crippen molar-refractivity contribution in [3.63, 3.8) is 0 Å². The molecule has 0 unspecified atom stereocenters. The molecule has 0 aliphatic carbocycles. The van der Waals surface area contributed by atoms with Crippen molar-refractivity contribution in [2.75, 3.05) is 43.7 Å². The molecule has 0 spiro atoms. The summed E-state index contributed by atoms with van der Waals surface area (Å²) >= 11 is 0. The molecule has 8 heteroatoms. The van der Waals surface area contributed by atoms with Gasteiger partial charge in [-0.25, -0.2) is 8.42 Å². The van der Waals surface area contributed by atoms with Gasteiger partial charge < -0.3 is 14.4 Å². The number of methoxy groups -OCH3 is 2. The van der Waals surface area contributed by atoms with Gasteiger partial charge in [-0.3, -0.25) is 9.69 Å². The van der Waals surface area contributed by atoms with Crippen LogP contribution in [-0.2, 0) is 21.1 Å². The quantitative estimate of drug-likeness (QED) is 0.695. The van der Waals surface area contributed by atoms with Crippen molar-refractivity contribution in [2.24, 2.45) is 0 Å². The molecule has 1 amide bonds. The first-order valence-electron chi connectivity index (χ1n) is 9.94. The number of hydrogen-bond donors (Lipinski definition) is 0. The molecule has 4 rings (SSSR count). The Balaban J connectivity index is 1.57. The van der Waals surface area contributed by atoms with Gasteiger partial charge in [0.25, 0.3) is 0 Å². The van der Waals surface area contributed by atoms with Crippen molar-refractivity contribution in [1.82, 2.24) is 4.90 Å². The van der Waals surface area contributed by atoms with E-state index in [2.05, 4.69) is 0 Å². The van der Waals surface area contributed by atoms with Crippen LogP contribution in [0.2, 0.25) is 0 Å². The normalized spacial score (nSPS) is 23.3. The summed E-state index contributed by atoms with van der Waals surface area (Å²) < 4.78 is 35.6. The van der Waals surface area contributed by atoms with E-state index in [0.29, 0.717) is 24.4 Å². The first-order valence-corrected chi connectivity index (χ1v) is 11.8. The Hall–Kier alpha value is -2.58. The fourth-order valence-corrected chi connectivity index (χ4v) is 6.44. The van der Waals surface area contributed by atoms with Crippen molar-refractivity contribution in [1.29, 1.82) is 0 Å². The van der Waals surface area contributed by atoms with E-state index in [1.54, 1.807) is 31.3 Å². The number of para-hydroxylation sites is 1. The van der Waals surface area contributed by atoms with Crippen LogP contribution in [0, 0.1) is 0 Å². The van der Waals surface area contributed by atoms with Crippen LogP contribution in [0.25, 0.3) is 0 Å². The maximum Gasteiger partial charge on any atom is 0.241 e. The first kappa shape index (κ1) is 20.7. The highest BCUT2D eigenvalue weighted by molar-refractivity contribution is 7.91. The van der Waals surface area contributed by atoms with Gasteiger partial charge in [-0.15, -0.1) is 0 Å². The molecule has 2 aliphatic heterocycles. The monoisotopic (exact) mass is 430 g/mol. The number of carbonyl (C=O) groups excluding carboxylic acids is 1. The number of anilines is 1. The fourth-order valence-electron chi connectivity index (χ4n) is 4.45. The van der Waals surface area contributed by atoms with Crippen molar-refractivity contribution in [3.05, 3.63) is 54.1 Å². The van der Waals surface area contributed by atoms with Crippen molar-refractivity contribution in [2.45, 2.75) is 18.5 Å². The summed E-state index contributed by atoms with van der Waals surface area (Å²) in [5, 5.41) is 0. The third kappa shape index (κ3) is 4.02. The minimum atomic E-state index is -3.22. The second-order valence-electron chi connectivity index (χ2n) is 7.71. The van der Waals surface area contributed by atoms with E-state index >= 15 is 0 Å². The van der Waals surface area contributed by atoms with Crippen molar-refractivity contribution >= 4 is 21.4 Å². The van der Waals surface area contributed by atoms with E-state index in [4.69, 9.17) is 9.47 Å². The molecule has 0 aromatic heterocycles. The second kappa shape index (κ2) is 8.28. The largest absolute Gasteiger partial charge is 0.497 e. The van der Waals surface area contributed by atoms with Crippen LogP contribution in [0.4, 0.5) is 5.69 Å². The smallest absolute Gasteiger partial charge is 0.241 e. The van der Waals surface area contributed by atoms with Gasteiger partial charge in [0.1, 0.15) is 11.5 Å². The predicted octanol–water partition coefficient (Wildman–Crippen LogP) is 1.76. The number of ether oxygens (including phenoxy) is 2. The van der Waals surface area contributed by atoms with Gasteiger partial charge in [0.2, 0.25) is 5.91 Å². The predicted molar refractivity (Wildman–Crippen MR) is 115 cm³/mol. The van der Waals surface area contributed by atoms with Crippen LogP contribution >= 0.6 is 0 Å². The summed E-state index contributed by atoms with van der Waals surface area (Å²) in [6.45, 7) is 0.789. The highest BCUT2D eigenvalue weighted by Gasteiger charge is 2.49. The Bertz CT molecular complexity index is 1020. The number of sulfone groups is 1. The van der Waals surface area contributed by atoms with Gasteiger partial charge in [0.15, 0.2) is 9.84 Å². The van der Waals surface area contributed by atoms with E-state index in [-0.39, 0.29) is 36.0 Å². The zero-order valence-corrected chi connectivity index (χ0v) is 18.0. The Labute approximate surface area is 177 Å². The van der Waals surface area contributed by atoms with Crippen LogP contribution in [0.15, 0.2) is 48.5 Å². The molecule has 2 aromatic carbocycles. The highest BCUT2D eigenvalue weighted by atomic mass is 32.2. The number of fused-ring (bicyclic) bond motifs is 1. The van der Waals surface area contributed by atoms with Gasteiger partial charge >= 0.3 is 0 Å². The van der Waals surface area contributed by atoms with Gasteiger partial charge in [-0.2, -0.15) is 0 Å². The summed E-state index contributed by atoms with van der Waals surface area (Å²) in [6.07, 6.45) is 0.684. The lowest BCUT2D eigenvalue weighted by Gasteiger charge is -2.43. The number of nitrogens with zero attached hydrogens (tertiary/aromatic N) is 2. The molecule has 2 fully saturated rings. The van der Waals surface area contributed by atoms with E-state index in [9.17, 15) is 13.2 Å². The molecule has 0 N–H and O–H groups in total. The molecule has 2 heterocycles. The molecule has 0 bridgehead atoms. The van der Waals surface area contributed by atoms with Crippen LogP contribution in [0.1, 0.15) is 5.56 Å². The molecular weight excluding hydrogens is 404 g/mol. The fraction of sp³-hybridized carbons (Fsp3) is 0.409. The summed E-state index contributed by atoms with van der Waals surface area (Å²) in [7, 11) is -0.00158. The number of hydrogen-bond acceptors (Lipinski definition) is 6. The van der Waals surface area contributed by atoms with Crippen LogP contribution < -0.4 is 14.4 Å². The highest BCUT2D eigenvalue weighted by Crippen LogP contribution is 2.32. The molecule has 30 heavy (non-hydrogen) atoms. The molecule has 2 saturated heterocycles. The second-order valence-corrected chi connectivity index (χ2v) is 9.86. The van der Waals surface area contributed by atoms with Gasteiger partial charge in [0.05, 0.1) is 38.3 Å². The number of rotatable bonds is 6. The maximum atomic E-state index is 13.1. The molecule has 160 valence electrons. The van der Waals surface area contributed by atoms with Crippen LogP contribution in [-0.4, -0.2) is 70.1 Å². The molecule has 2 aromatic rings. The molecular formula is C22H26N2O5S. The number of amides is 1. The summed E-state index contributed by atoms with van der Waals surface area (Å²) in [4.78, 5) is 16.8. The lowest BCUT2D eigenvalue weighted by molar-refractivity contribution is -0.123. The topological polar surface area (TPSA) is 76.2 Å². The molecule has 2 atom stereocenters. The zero-order chi connectivity index (χ0) is 21.3. The standard InChI is InChI=1S/C22H26N2O5S/c1-28-18-9-7-17(8-10-18)24-20-15-30(26,27)14-19(20)23(13-22(24)25)12-11-16-5-3-4-6-21(16)29-2/h3-10,19-20H,11-15H2,1-2H3/t19-,20-/m1/s1. The average molecular weight is 431 g/mol. The number of benzene rings is 2. The van der Waals surface area contributed by atoms with Crippen LogP contribution in [0.3, 0.4) is 0 Å². The number of piperazine rings is 1. The molecule has 0 radical (unpaired) electrons. The molecule has 7 nitrogen and oxygen atoms in total. The minimum absolute atomic E-state index is 0.0133.